The molecule has 132 valence electrons. The van der Waals surface area contributed by atoms with E-state index in [1.165, 1.54) is 12.1 Å². The fourth-order valence-corrected chi connectivity index (χ4v) is 4.42. The van der Waals surface area contributed by atoms with Crippen LogP contribution in [0.4, 0.5) is 5.69 Å². The molecule has 0 radical (unpaired) electrons. The van der Waals surface area contributed by atoms with Crippen LogP contribution >= 0.6 is 0 Å². The van der Waals surface area contributed by atoms with Crippen LogP contribution in [0.5, 0.6) is 0 Å². The second kappa shape index (κ2) is 6.57. The molecule has 0 amide bonds. The van der Waals surface area contributed by atoms with Gasteiger partial charge in [-0.05, 0) is 43.7 Å². The van der Waals surface area contributed by atoms with Crippen molar-refractivity contribution in [1.29, 1.82) is 0 Å². The van der Waals surface area contributed by atoms with Crippen LogP contribution in [-0.4, -0.2) is 13.3 Å². The van der Waals surface area contributed by atoms with Gasteiger partial charge in [0.05, 0.1) is 9.82 Å². The Hall–Kier alpha value is -2.25. The summed E-state index contributed by atoms with van der Waals surface area (Å²) in [6.45, 7) is 3.61. The lowest BCUT2D eigenvalue weighted by atomic mass is 10.0. The number of nitrogens with zero attached hydrogens (tertiary/aromatic N) is 1. The van der Waals surface area contributed by atoms with Crippen molar-refractivity contribution in [3.63, 3.8) is 0 Å². The lowest BCUT2D eigenvalue weighted by molar-refractivity contribution is -0.385. The number of nitro groups is 1. The highest BCUT2D eigenvalue weighted by Gasteiger charge is 2.36. The van der Waals surface area contributed by atoms with Crippen LogP contribution in [0.3, 0.4) is 0 Å². The van der Waals surface area contributed by atoms with E-state index in [2.05, 4.69) is 4.72 Å². The summed E-state index contributed by atoms with van der Waals surface area (Å²) in [7, 11) is -3.86. The van der Waals surface area contributed by atoms with E-state index < -0.39 is 14.9 Å². The average Bonchev–Trinajstić information content (AvgIpc) is 3.38. The number of hydrogen-bond donors (Lipinski definition) is 1. The summed E-state index contributed by atoms with van der Waals surface area (Å²) in [4.78, 5) is 10.3. The molecule has 0 heterocycles. The van der Waals surface area contributed by atoms with Crippen molar-refractivity contribution < 1.29 is 13.3 Å². The number of non-ortho nitro benzene ring substituents is 1. The molecular formula is C18H20N2O4S. The standard InChI is InChI=1S/C18H20N2O4S/c1-12-3-6-14(7-4-12)18(15-8-9-15)19-25(23,24)17-11-16(20(21)22)10-5-13(17)2/h3-7,10-11,15,18-19H,8-9H2,1-2H3. The highest BCUT2D eigenvalue weighted by atomic mass is 32.2. The molecule has 2 aromatic carbocycles. The zero-order valence-electron chi connectivity index (χ0n) is 14.1. The van der Waals surface area contributed by atoms with Crippen LogP contribution in [0.1, 0.15) is 35.6 Å². The molecule has 1 aliphatic carbocycles. The maximum atomic E-state index is 12.9. The third-order valence-electron chi connectivity index (χ3n) is 4.48. The largest absolute Gasteiger partial charge is 0.270 e. The first-order valence-corrected chi connectivity index (χ1v) is 9.60. The normalized spacial score (nSPS) is 15.8. The van der Waals surface area contributed by atoms with Crippen LogP contribution in [-0.2, 0) is 10.0 Å². The first-order chi connectivity index (χ1) is 11.8. The van der Waals surface area contributed by atoms with E-state index >= 15 is 0 Å². The molecule has 3 rings (SSSR count). The number of rotatable bonds is 6. The van der Waals surface area contributed by atoms with Crippen LogP contribution in [0.25, 0.3) is 0 Å². The predicted molar refractivity (Wildman–Crippen MR) is 94.8 cm³/mol. The van der Waals surface area contributed by atoms with Gasteiger partial charge in [0.2, 0.25) is 10.0 Å². The maximum absolute atomic E-state index is 12.9. The lowest BCUT2D eigenvalue weighted by Crippen LogP contribution is -2.30. The average molecular weight is 360 g/mol. The zero-order chi connectivity index (χ0) is 18.2. The molecule has 25 heavy (non-hydrogen) atoms. The molecule has 6 nitrogen and oxygen atoms in total. The summed E-state index contributed by atoms with van der Waals surface area (Å²) in [6.07, 6.45) is 1.93. The van der Waals surface area contributed by atoms with Gasteiger partial charge in [-0.25, -0.2) is 13.1 Å². The molecule has 1 atom stereocenters. The molecule has 0 aliphatic heterocycles. The second-order valence-corrected chi connectivity index (χ2v) is 8.24. The Balaban J connectivity index is 1.95. The van der Waals surface area contributed by atoms with E-state index in [4.69, 9.17) is 0 Å². The van der Waals surface area contributed by atoms with Gasteiger partial charge in [0.1, 0.15) is 0 Å². The van der Waals surface area contributed by atoms with Crippen molar-refractivity contribution in [3.05, 3.63) is 69.3 Å². The third kappa shape index (κ3) is 3.88. The minimum absolute atomic E-state index is 0.0422. The predicted octanol–water partition coefficient (Wildman–Crippen LogP) is 3.64. The first kappa shape index (κ1) is 17.6. The Morgan fingerprint density at radius 2 is 1.76 bits per heavy atom. The Labute approximate surface area is 147 Å². The van der Waals surface area contributed by atoms with Crippen molar-refractivity contribution in [2.24, 2.45) is 5.92 Å². The highest BCUT2D eigenvalue weighted by Crippen LogP contribution is 2.42. The fourth-order valence-electron chi connectivity index (χ4n) is 2.86. The van der Waals surface area contributed by atoms with Crippen LogP contribution in [0, 0.1) is 29.9 Å². The topological polar surface area (TPSA) is 89.3 Å². The van der Waals surface area contributed by atoms with Gasteiger partial charge in [-0.15, -0.1) is 0 Å². The Morgan fingerprint density at radius 3 is 2.32 bits per heavy atom. The van der Waals surface area contributed by atoms with Crippen molar-refractivity contribution in [1.82, 2.24) is 4.72 Å². The van der Waals surface area contributed by atoms with Crippen molar-refractivity contribution >= 4 is 15.7 Å². The van der Waals surface area contributed by atoms with Gasteiger partial charge in [-0.1, -0.05) is 35.9 Å². The molecule has 0 spiro atoms. The molecule has 1 N–H and O–H groups in total. The Morgan fingerprint density at radius 1 is 1.12 bits per heavy atom. The van der Waals surface area contributed by atoms with E-state index in [0.29, 0.717) is 5.56 Å². The van der Waals surface area contributed by atoms with Gasteiger partial charge < -0.3 is 0 Å². The lowest BCUT2D eigenvalue weighted by Gasteiger charge is -2.20. The van der Waals surface area contributed by atoms with Gasteiger partial charge in [-0.3, -0.25) is 10.1 Å². The summed E-state index contributed by atoms with van der Waals surface area (Å²) in [5, 5.41) is 11.0. The van der Waals surface area contributed by atoms with Crippen molar-refractivity contribution in [3.8, 4) is 0 Å². The molecule has 1 unspecified atom stereocenters. The van der Waals surface area contributed by atoms with E-state index in [-0.39, 0.29) is 22.5 Å². The van der Waals surface area contributed by atoms with Crippen LogP contribution in [0.15, 0.2) is 47.4 Å². The second-order valence-electron chi connectivity index (χ2n) is 6.55. The summed E-state index contributed by atoms with van der Waals surface area (Å²) in [5.41, 5.74) is 2.27. The van der Waals surface area contributed by atoms with Gasteiger partial charge in [0.25, 0.3) is 5.69 Å². The molecule has 2 aromatic rings. The summed E-state index contributed by atoms with van der Waals surface area (Å²) >= 11 is 0. The third-order valence-corrected chi connectivity index (χ3v) is 6.07. The molecule has 1 saturated carbocycles. The monoisotopic (exact) mass is 360 g/mol. The number of nitrogens with one attached hydrogen (secondary N) is 1. The van der Waals surface area contributed by atoms with E-state index in [9.17, 15) is 18.5 Å². The van der Waals surface area contributed by atoms with E-state index in [0.717, 1.165) is 30.0 Å². The molecule has 0 bridgehead atoms. The molecule has 0 saturated heterocycles. The number of benzene rings is 2. The first-order valence-electron chi connectivity index (χ1n) is 8.12. The number of sulfonamides is 1. The van der Waals surface area contributed by atoms with Gasteiger partial charge in [0.15, 0.2) is 0 Å². The van der Waals surface area contributed by atoms with Crippen LogP contribution < -0.4 is 4.72 Å². The minimum atomic E-state index is -3.86. The van der Waals surface area contributed by atoms with Gasteiger partial charge in [0, 0.05) is 18.2 Å². The zero-order valence-corrected chi connectivity index (χ0v) is 14.9. The molecule has 1 aliphatic rings. The SMILES string of the molecule is Cc1ccc(C(NS(=O)(=O)c2cc([N+](=O)[O-])ccc2C)C2CC2)cc1. The summed E-state index contributed by atoms with van der Waals surface area (Å²) in [6, 6.07) is 11.4. The smallest absolute Gasteiger partial charge is 0.258 e. The highest BCUT2D eigenvalue weighted by molar-refractivity contribution is 7.89. The molecule has 0 aromatic heterocycles. The molecular weight excluding hydrogens is 340 g/mol. The number of aryl methyl sites for hydroxylation is 2. The van der Waals surface area contributed by atoms with Crippen LogP contribution in [0.2, 0.25) is 0 Å². The van der Waals surface area contributed by atoms with Gasteiger partial charge >= 0.3 is 0 Å². The minimum Gasteiger partial charge on any atom is -0.258 e. The van der Waals surface area contributed by atoms with Crippen molar-refractivity contribution in [2.45, 2.75) is 37.6 Å². The van der Waals surface area contributed by atoms with Crippen molar-refractivity contribution in [2.75, 3.05) is 0 Å². The Bertz CT molecular complexity index is 903. The quantitative estimate of drug-likeness (QED) is 0.629. The maximum Gasteiger partial charge on any atom is 0.270 e. The Kier molecular flexibility index (Phi) is 4.62. The summed E-state index contributed by atoms with van der Waals surface area (Å²) < 4.78 is 28.5. The molecule has 7 heteroatoms. The number of hydrogen-bond acceptors (Lipinski definition) is 4. The fraction of sp³-hybridized carbons (Fsp3) is 0.333. The summed E-state index contributed by atoms with van der Waals surface area (Å²) in [5.74, 6) is 0.261. The number of nitro benzene ring substituents is 1. The van der Waals surface area contributed by atoms with E-state index in [1.807, 2.05) is 31.2 Å². The van der Waals surface area contributed by atoms with E-state index in [1.54, 1.807) is 6.92 Å². The molecule has 1 fully saturated rings. The van der Waals surface area contributed by atoms with Gasteiger partial charge in [-0.2, -0.15) is 0 Å².